The normalized spacial score (nSPS) is 17.1. The average molecular weight is 229 g/mol. The molecule has 3 heteroatoms. The molecule has 0 aromatic rings. The summed E-state index contributed by atoms with van der Waals surface area (Å²) in [5.74, 6) is 0.620. The van der Waals surface area contributed by atoms with Crippen LogP contribution in [0.2, 0.25) is 0 Å². The quantitative estimate of drug-likeness (QED) is 0.613. The number of ether oxygens (including phenoxy) is 1. The van der Waals surface area contributed by atoms with Crippen molar-refractivity contribution in [2.24, 2.45) is 5.92 Å². The predicted molar refractivity (Wildman–Crippen MR) is 66.6 cm³/mol. The van der Waals surface area contributed by atoms with Crippen LogP contribution in [0.3, 0.4) is 0 Å². The Kier molecular flexibility index (Phi) is 7.01. The van der Waals surface area contributed by atoms with Crippen molar-refractivity contribution in [1.82, 2.24) is 4.90 Å². The van der Waals surface area contributed by atoms with E-state index in [0.717, 1.165) is 38.8 Å². The maximum atomic E-state index is 8.87. The van der Waals surface area contributed by atoms with Crippen molar-refractivity contribution in [3.05, 3.63) is 0 Å². The number of rotatable bonds is 9. The fraction of sp³-hybridized carbons (Fsp3) is 1.00. The molecule has 0 aliphatic heterocycles. The summed E-state index contributed by atoms with van der Waals surface area (Å²) in [6.07, 6.45) is 4.92. The summed E-state index contributed by atoms with van der Waals surface area (Å²) in [7, 11) is 0. The molecule has 96 valence electrons. The first-order valence-electron chi connectivity index (χ1n) is 6.66. The summed E-state index contributed by atoms with van der Waals surface area (Å²) in [6, 6.07) is 0.759. The zero-order chi connectivity index (χ0) is 11.8. The maximum Gasteiger partial charge on any atom is 0.0593 e. The van der Waals surface area contributed by atoms with Gasteiger partial charge in [-0.15, -0.1) is 0 Å². The second-order valence-electron chi connectivity index (χ2n) is 5.17. The predicted octanol–water partition coefficient (Wildman–Crippen LogP) is 1.90. The van der Waals surface area contributed by atoms with Crippen LogP contribution < -0.4 is 0 Å². The van der Waals surface area contributed by atoms with Crippen LogP contribution in [-0.2, 0) is 4.74 Å². The van der Waals surface area contributed by atoms with Crippen LogP contribution in [0.15, 0.2) is 0 Å². The van der Waals surface area contributed by atoms with Gasteiger partial charge in [-0.3, -0.25) is 4.90 Å². The highest BCUT2D eigenvalue weighted by Gasteiger charge is 2.23. The van der Waals surface area contributed by atoms with Gasteiger partial charge in [-0.05, 0) is 25.2 Å². The van der Waals surface area contributed by atoms with Gasteiger partial charge < -0.3 is 9.84 Å². The molecule has 0 aromatic carbocycles. The summed E-state index contributed by atoms with van der Waals surface area (Å²) in [5.41, 5.74) is 0. The topological polar surface area (TPSA) is 32.7 Å². The molecule has 0 spiro atoms. The van der Waals surface area contributed by atoms with E-state index in [1.165, 1.54) is 19.3 Å². The van der Waals surface area contributed by atoms with E-state index >= 15 is 0 Å². The second-order valence-corrected chi connectivity index (χ2v) is 5.17. The highest BCUT2D eigenvalue weighted by Crippen LogP contribution is 2.24. The Hall–Kier alpha value is -0.120. The molecule has 1 aliphatic carbocycles. The number of hydrogen-bond acceptors (Lipinski definition) is 3. The van der Waals surface area contributed by atoms with Crippen molar-refractivity contribution in [3.8, 4) is 0 Å². The van der Waals surface area contributed by atoms with Crippen LogP contribution >= 0.6 is 0 Å². The lowest BCUT2D eigenvalue weighted by Crippen LogP contribution is -2.42. The molecule has 0 aromatic heterocycles. The van der Waals surface area contributed by atoms with Gasteiger partial charge in [0.15, 0.2) is 0 Å². The zero-order valence-electron chi connectivity index (χ0n) is 10.8. The van der Waals surface area contributed by atoms with Gasteiger partial charge in [0.25, 0.3) is 0 Å². The van der Waals surface area contributed by atoms with Crippen molar-refractivity contribution in [3.63, 3.8) is 0 Å². The smallest absolute Gasteiger partial charge is 0.0593 e. The maximum absolute atomic E-state index is 8.87. The van der Waals surface area contributed by atoms with Crippen LogP contribution in [0.25, 0.3) is 0 Å². The molecule has 1 rings (SSSR count). The minimum atomic E-state index is 0.302. The SMILES string of the molecule is CC(C)COCCN(CCCO)C1CCC1. The number of aliphatic hydroxyl groups excluding tert-OH is 1. The minimum absolute atomic E-state index is 0.302. The molecule has 0 atom stereocenters. The number of hydrogen-bond donors (Lipinski definition) is 1. The summed E-state index contributed by atoms with van der Waals surface area (Å²) < 4.78 is 5.62. The molecule has 1 aliphatic rings. The van der Waals surface area contributed by atoms with Crippen molar-refractivity contribution in [2.75, 3.05) is 32.9 Å². The summed E-state index contributed by atoms with van der Waals surface area (Å²) in [5, 5.41) is 8.87. The lowest BCUT2D eigenvalue weighted by atomic mass is 9.91. The molecule has 16 heavy (non-hydrogen) atoms. The average Bonchev–Trinajstić information content (AvgIpc) is 2.17. The molecule has 3 nitrogen and oxygen atoms in total. The lowest BCUT2D eigenvalue weighted by molar-refractivity contribution is 0.0510. The molecule has 1 fully saturated rings. The molecule has 0 unspecified atom stereocenters. The van der Waals surface area contributed by atoms with E-state index in [1.807, 2.05) is 0 Å². The Morgan fingerprint density at radius 3 is 2.56 bits per heavy atom. The van der Waals surface area contributed by atoms with Crippen LogP contribution in [0.1, 0.15) is 39.5 Å². The third kappa shape index (κ3) is 5.28. The third-order valence-electron chi connectivity index (χ3n) is 3.17. The Bertz CT molecular complexity index is 169. The third-order valence-corrected chi connectivity index (χ3v) is 3.17. The standard InChI is InChI=1S/C13H27NO2/c1-12(2)11-16-10-8-14(7-4-9-15)13-5-3-6-13/h12-13,15H,3-11H2,1-2H3. The first kappa shape index (κ1) is 13.9. The molecule has 0 amide bonds. The first-order valence-corrected chi connectivity index (χ1v) is 6.66. The Morgan fingerprint density at radius 1 is 1.31 bits per heavy atom. The summed E-state index contributed by atoms with van der Waals surface area (Å²) in [4.78, 5) is 2.49. The minimum Gasteiger partial charge on any atom is -0.396 e. The zero-order valence-corrected chi connectivity index (χ0v) is 10.8. The van der Waals surface area contributed by atoms with Gasteiger partial charge in [-0.1, -0.05) is 20.3 Å². The van der Waals surface area contributed by atoms with E-state index in [4.69, 9.17) is 9.84 Å². The molecular formula is C13H27NO2. The molecule has 1 saturated carbocycles. The Labute approximate surface area is 99.8 Å². The monoisotopic (exact) mass is 229 g/mol. The van der Waals surface area contributed by atoms with E-state index in [9.17, 15) is 0 Å². The van der Waals surface area contributed by atoms with Gasteiger partial charge in [0.2, 0.25) is 0 Å². The van der Waals surface area contributed by atoms with E-state index in [2.05, 4.69) is 18.7 Å². The Balaban J connectivity index is 2.11. The van der Waals surface area contributed by atoms with E-state index in [0.29, 0.717) is 12.5 Å². The second kappa shape index (κ2) is 8.04. The van der Waals surface area contributed by atoms with Crippen molar-refractivity contribution < 1.29 is 9.84 Å². The summed E-state index contributed by atoms with van der Waals surface area (Å²) >= 11 is 0. The fourth-order valence-electron chi connectivity index (χ4n) is 2.00. The van der Waals surface area contributed by atoms with Gasteiger partial charge in [-0.2, -0.15) is 0 Å². The van der Waals surface area contributed by atoms with Crippen LogP contribution in [0.4, 0.5) is 0 Å². The van der Waals surface area contributed by atoms with E-state index in [-0.39, 0.29) is 0 Å². The Morgan fingerprint density at radius 2 is 2.06 bits per heavy atom. The van der Waals surface area contributed by atoms with Gasteiger partial charge in [-0.25, -0.2) is 0 Å². The molecule has 0 heterocycles. The van der Waals surface area contributed by atoms with E-state index in [1.54, 1.807) is 0 Å². The van der Waals surface area contributed by atoms with Gasteiger partial charge >= 0.3 is 0 Å². The van der Waals surface area contributed by atoms with Gasteiger partial charge in [0, 0.05) is 32.3 Å². The first-order chi connectivity index (χ1) is 7.74. The molecule has 0 radical (unpaired) electrons. The molecule has 1 N–H and O–H groups in total. The molecule has 0 saturated heterocycles. The van der Waals surface area contributed by atoms with Gasteiger partial charge in [0.05, 0.1) is 6.61 Å². The number of nitrogens with zero attached hydrogens (tertiary/aromatic N) is 1. The van der Waals surface area contributed by atoms with Crippen molar-refractivity contribution in [2.45, 2.75) is 45.6 Å². The fourth-order valence-corrected chi connectivity index (χ4v) is 2.00. The highest BCUT2D eigenvalue weighted by molar-refractivity contribution is 4.79. The number of aliphatic hydroxyl groups is 1. The van der Waals surface area contributed by atoms with Crippen molar-refractivity contribution >= 4 is 0 Å². The van der Waals surface area contributed by atoms with Crippen LogP contribution in [0, 0.1) is 5.92 Å². The van der Waals surface area contributed by atoms with E-state index < -0.39 is 0 Å². The highest BCUT2D eigenvalue weighted by atomic mass is 16.5. The van der Waals surface area contributed by atoms with Crippen molar-refractivity contribution in [1.29, 1.82) is 0 Å². The van der Waals surface area contributed by atoms with Crippen LogP contribution in [-0.4, -0.2) is 49.0 Å². The lowest BCUT2D eigenvalue weighted by Gasteiger charge is -2.37. The summed E-state index contributed by atoms with van der Waals surface area (Å²) in [6.45, 7) is 8.39. The molecule has 0 bridgehead atoms. The van der Waals surface area contributed by atoms with Crippen LogP contribution in [0.5, 0.6) is 0 Å². The molecular weight excluding hydrogens is 202 g/mol. The largest absolute Gasteiger partial charge is 0.396 e. The van der Waals surface area contributed by atoms with Gasteiger partial charge in [0.1, 0.15) is 0 Å².